The van der Waals surface area contributed by atoms with Gasteiger partial charge in [-0.2, -0.15) is 0 Å². The number of benzene rings is 3. The monoisotopic (exact) mass is 567 g/mol. The summed E-state index contributed by atoms with van der Waals surface area (Å²) in [6.45, 7) is 6.89. The molecule has 0 bridgehead atoms. The van der Waals surface area contributed by atoms with Gasteiger partial charge in [-0.05, 0) is 43.9 Å². The maximum atomic E-state index is 12.4. The predicted molar refractivity (Wildman–Crippen MR) is 160 cm³/mol. The van der Waals surface area contributed by atoms with Crippen molar-refractivity contribution in [1.82, 2.24) is 20.4 Å². The van der Waals surface area contributed by atoms with Crippen LogP contribution >= 0.6 is 0 Å². The van der Waals surface area contributed by atoms with Gasteiger partial charge in [-0.1, -0.05) is 91.0 Å². The van der Waals surface area contributed by atoms with E-state index in [2.05, 4.69) is 58.1 Å². The molecule has 3 aromatic rings. The quantitative estimate of drug-likeness (QED) is 0.380. The van der Waals surface area contributed by atoms with Crippen LogP contribution in [0.4, 0.5) is 4.79 Å². The van der Waals surface area contributed by atoms with Crippen LogP contribution in [0.2, 0.25) is 0 Å². The van der Waals surface area contributed by atoms with E-state index in [1.807, 2.05) is 80.3 Å². The summed E-state index contributed by atoms with van der Waals surface area (Å²) >= 11 is 0. The maximum absolute atomic E-state index is 12.4. The SMILES string of the molecule is CC(C)(C)OC(=O)NC1CCN(C(CC2=CN(C(c3ccccc3)(c3ccccc3)c3ccccc3)CN2)C(=O)[O-])C1. The van der Waals surface area contributed by atoms with Crippen LogP contribution < -0.4 is 15.7 Å². The number of carbonyl (C=O) groups excluding carboxylic acids is 2. The smallest absolute Gasteiger partial charge is 0.407 e. The minimum Gasteiger partial charge on any atom is -0.548 e. The summed E-state index contributed by atoms with van der Waals surface area (Å²) in [5.74, 6) is -1.13. The second-order valence-electron chi connectivity index (χ2n) is 11.9. The standard InChI is InChI=1S/C34H40N4O4/c1-33(2,3)42-32(41)36-28-19-20-37(22-28)30(31(39)40)21-29-23-38(24-35-29)34(25-13-7-4-8-14-25,26-15-9-5-10-16-26)27-17-11-6-12-18-27/h4-18,23,28,30,35H,19-22,24H2,1-3H3,(H,36,41)(H,39,40)/p-1. The number of hydrogen-bond acceptors (Lipinski definition) is 7. The lowest BCUT2D eigenvalue weighted by atomic mass is 9.76. The van der Waals surface area contributed by atoms with Crippen LogP contribution in [0, 0.1) is 0 Å². The van der Waals surface area contributed by atoms with E-state index in [4.69, 9.17) is 4.74 Å². The van der Waals surface area contributed by atoms with Gasteiger partial charge < -0.3 is 30.2 Å². The van der Waals surface area contributed by atoms with E-state index in [0.717, 1.165) is 22.4 Å². The Kier molecular flexibility index (Phi) is 8.54. The van der Waals surface area contributed by atoms with Crippen molar-refractivity contribution >= 4 is 12.1 Å². The molecule has 0 aromatic heterocycles. The second-order valence-corrected chi connectivity index (χ2v) is 11.9. The van der Waals surface area contributed by atoms with E-state index in [1.54, 1.807) is 0 Å². The predicted octanol–water partition coefficient (Wildman–Crippen LogP) is 3.79. The third-order valence-electron chi connectivity index (χ3n) is 7.86. The zero-order valence-corrected chi connectivity index (χ0v) is 24.5. The van der Waals surface area contributed by atoms with Crippen LogP contribution in [0.5, 0.6) is 0 Å². The number of carboxylic acids is 1. The molecule has 5 rings (SSSR count). The van der Waals surface area contributed by atoms with E-state index in [1.165, 1.54) is 0 Å². The van der Waals surface area contributed by atoms with E-state index in [0.29, 0.717) is 26.2 Å². The highest BCUT2D eigenvalue weighted by Crippen LogP contribution is 2.43. The second kappa shape index (κ2) is 12.3. The Labute approximate surface area is 248 Å². The van der Waals surface area contributed by atoms with Gasteiger partial charge in [-0.15, -0.1) is 0 Å². The Hall–Kier alpha value is -4.30. The van der Waals surface area contributed by atoms with Crippen molar-refractivity contribution in [3.63, 3.8) is 0 Å². The molecule has 2 unspecified atom stereocenters. The highest BCUT2D eigenvalue weighted by Gasteiger charge is 2.43. The molecule has 0 radical (unpaired) electrons. The van der Waals surface area contributed by atoms with Crippen LogP contribution in [0.25, 0.3) is 0 Å². The lowest BCUT2D eigenvalue weighted by molar-refractivity contribution is -0.311. The van der Waals surface area contributed by atoms with Crippen LogP contribution in [0.15, 0.2) is 103 Å². The summed E-state index contributed by atoms with van der Waals surface area (Å²) in [6, 6.07) is 30.1. The Morgan fingerprint density at radius 2 is 1.45 bits per heavy atom. The number of hydrogen-bond donors (Lipinski definition) is 2. The van der Waals surface area contributed by atoms with Crippen molar-refractivity contribution in [1.29, 1.82) is 0 Å². The van der Waals surface area contributed by atoms with Crippen molar-refractivity contribution in [2.24, 2.45) is 0 Å². The first-order valence-corrected chi connectivity index (χ1v) is 14.5. The minimum absolute atomic E-state index is 0.189. The highest BCUT2D eigenvalue weighted by atomic mass is 16.6. The largest absolute Gasteiger partial charge is 0.548 e. The zero-order valence-electron chi connectivity index (χ0n) is 24.5. The van der Waals surface area contributed by atoms with Gasteiger partial charge in [0.25, 0.3) is 0 Å². The number of nitrogens with one attached hydrogen (secondary N) is 2. The molecule has 2 N–H and O–H groups in total. The van der Waals surface area contributed by atoms with Crippen molar-refractivity contribution in [3.8, 4) is 0 Å². The number of nitrogens with zero attached hydrogens (tertiary/aromatic N) is 2. The maximum Gasteiger partial charge on any atom is 0.407 e. The fourth-order valence-corrected chi connectivity index (χ4v) is 6.07. The molecule has 0 aliphatic carbocycles. The minimum atomic E-state index is -1.13. The number of alkyl carbamates (subject to hydrolysis) is 1. The van der Waals surface area contributed by atoms with Gasteiger partial charge in [0, 0.05) is 37.4 Å². The van der Waals surface area contributed by atoms with E-state index in [9.17, 15) is 14.7 Å². The molecule has 8 heteroatoms. The molecule has 2 heterocycles. The third-order valence-corrected chi connectivity index (χ3v) is 7.86. The summed E-state index contributed by atoms with van der Waals surface area (Å²) in [7, 11) is 0. The van der Waals surface area contributed by atoms with E-state index < -0.39 is 29.2 Å². The molecule has 2 aliphatic heterocycles. The molecule has 2 atom stereocenters. The van der Waals surface area contributed by atoms with Gasteiger partial charge in [0.2, 0.25) is 0 Å². The lowest BCUT2D eigenvalue weighted by Gasteiger charge is -2.43. The molecule has 1 fully saturated rings. The molecule has 8 nitrogen and oxygen atoms in total. The van der Waals surface area contributed by atoms with Gasteiger partial charge in [0.05, 0.1) is 18.7 Å². The molecule has 2 aliphatic rings. The fourth-order valence-electron chi connectivity index (χ4n) is 6.07. The van der Waals surface area contributed by atoms with Crippen molar-refractivity contribution in [2.75, 3.05) is 19.8 Å². The summed E-state index contributed by atoms with van der Waals surface area (Å²) in [5.41, 5.74) is 2.89. The number of carbonyl (C=O) groups is 2. The molecule has 3 aromatic carbocycles. The van der Waals surface area contributed by atoms with Gasteiger partial charge in [-0.3, -0.25) is 4.90 Å². The average molecular weight is 568 g/mol. The van der Waals surface area contributed by atoms with Crippen molar-refractivity contribution in [2.45, 2.75) is 56.8 Å². The van der Waals surface area contributed by atoms with E-state index in [-0.39, 0.29) is 12.5 Å². The van der Waals surface area contributed by atoms with Crippen molar-refractivity contribution < 1.29 is 19.4 Å². The number of aliphatic carboxylic acids is 1. The number of amides is 1. The molecule has 42 heavy (non-hydrogen) atoms. The Balaban J connectivity index is 1.42. The normalized spacial score (nSPS) is 18.2. The molecular weight excluding hydrogens is 528 g/mol. The molecule has 1 saturated heterocycles. The number of ether oxygens (including phenoxy) is 1. The number of likely N-dealkylation sites (tertiary alicyclic amines) is 1. The van der Waals surface area contributed by atoms with Gasteiger partial charge >= 0.3 is 6.09 Å². The van der Waals surface area contributed by atoms with Gasteiger partial charge in [0.15, 0.2) is 0 Å². The molecule has 1 amide bonds. The zero-order chi connectivity index (χ0) is 29.7. The van der Waals surface area contributed by atoms with Crippen LogP contribution in [-0.4, -0.2) is 59.3 Å². The van der Waals surface area contributed by atoms with E-state index >= 15 is 0 Å². The molecule has 0 saturated carbocycles. The lowest BCUT2D eigenvalue weighted by Crippen LogP contribution is -2.49. The first-order valence-electron chi connectivity index (χ1n) is 14.5. The first-order chi connectivity index (χ1) is 20.2. The van der Waals surface area contributed by atoms with Gasteiger partial charge in [0.1, 0.15) is 11.1 Å². The number of carboxylic acid groups (broad SMARTS) is 1. The topological polar surface area (TPSA) is 97.0 Å². The molecular formula is C34H39N4O4-. The summed E-state index contributed by atoms with van der Waals surface area (Å²) in [6.07, 6.45) is 2.46. The summed E-state index contributed by atoms with van der Waals surface area (Å²) in [4.78, 5) is 28.8. The Morgan fingerprint density at radius 1 is 0.929 bits per heavy atom. The summed E-state index contributed by atoms with van der Waals surface area (Å²) in [5, 5.41) is 18.8. The van der Waals surface area contributed by atoms with Crippen LogP contribution in [0.3, 0.4) is 0 Å². The Bertz CT molecular complexity index is 1290. The summed E-state index contributed by atoms with van der Waals surface area (Å²) < 4.78 is 5.38. The highest BCUT2D eigenvalue weighted by molar-refractivity contribution is 5.72. The van der Waals surface area contributed by atoms with Gasteiger partial charge in [-0.25, -0.2) is 4.79 Å². The third kappa shape index (κ3) is 6.29. The van der Waals surface area contributed by atoms with Crippen LogP contribution in [0.1, 0.15) is 50.3 Å². The average Bonchev–Trinajstić information content (AvgIpc) is 3.63. The molecule has 220 valence electrons. The van der Waals surface area contributed by atoms with Crippen molar-refractivity contribution in [3.05, 3.63) is 120 Å². The van der Waals surface area contributed by atoms with Crippen LogP contribution in [-0.2, 0) is 15.1 Å². The molecule has 0 spiro atoms. The first kappa shape index (κ1) is 29.2. The fraction of sp³-hybridized carbons (Fsp3) is 0.353. The number of rotatable bonds is 9. The Morgan fingerprint density at radius 3 is 1.93 bits per heavy atom.